The molecule has 0 atom stereocenters. The van der Waals surface area contributed by atoms with E-state index in [0.29, 0.717) is 24.4 Å². The first-order valence-electron chi connectivity index (χ1n) is 7.82. The van der Waals surface area contributed by atoms with Gasteiger partial charge < -0.3 is 5.73 Å². The van der Waals surface area contributed by atoms with Crippen LogP contribution >= 0.6 is 0 Å². The highest BCUT2D eigenvalue weighted by Gasteiger charge is 2.14. The monoisotopic (exact) mass is 345 g/mol. The zero-order chi connectivity index (χ0) is 17.7. The number of rotatable bonds is 7. The third kappa shape index (κ3) is 4.66. The first-order valence-corrected chi connectivity index (χ1v) is 9.31. The average Bonchev–Trinajstić information content (AvgIpc) is 2.55. The molecule has 6 heteroatoms. The van der Waals surface area contributed by atoms with E-state index in [9.17, 15) is 8.42 Å². The van der Waals surface area contributed by atoms with Crippen molar-refractivity contribution >= 4 is 15.9 Å². The molecule has 0 saturated heterocycles. The summed E-state index contributed by atoms with van der Waals surface area (Å²) < 4.78 is 27.2. The number of benzene rings is 2. The van der Waals surface area contributed by atoms with Gasteiger partial charge in [0.15, 0.2) is 0 Å². The maximum Gasteiger partial charge on any atom is 0.240 e. The number of nitrogen functional groups attached to an aromatic ring is 1. The fraction of sp³-hybridized carbons (Fsp3) is 0.278. The van der Waals surface area contributed by atoms with Gasteiger partial charge in [-0.05, 0) is 35.6 Å². The predicted octanol–water partition coefficient (Wildman–Crippen LogP) is 2.62. The van der Waals surface area contributed by atoms with Crippen LogP contribution in [-0.4, -0.2) is 20.8 Å². The molecule has 0 spiro atoms. The summed E-state index contributed by atoms with van der Waals surface area (Å²) in [5.41, 5.74) is 8.14. The molecule has 24 heavy (non-hydrogen) atoms. The normalized spacial score (nSPS) is 11.6. The minimum absolute atomic E-state index is 0.116. The van der Waals surface area contributed by atoms with Crippen LogP contribution in [0.3, 0.4) is 0 Å². The summed E-state index contributed by atoms with van der Waals surface area (Å²) in [5, 5.41) is 7.40. The average molecular weight is 345 g/mol. The molecule has 0 bridgehead atoms. The highest BCUT2D eigenvalue weighted by atomic mass is 32.2. The minimum atomic E-state index is -3.61. The van der Waals surface area contributed by atoms with Crippen molar-refractivity contribution in [3.05, 3.63) is 65.2 Å². The van der Waals surface area contributed by atoms with Crippen molar-refractivity contribution in [1.82, 2.24) is 4.72 Å². The SMILES string of the molecule is CC(C)c1ccc(CCNS(=O)(=O)c2cccc(C(=N)N)c2)cc1. The second kappa shape index (κ2) is 7.59. The predicted molar refractivity (Wildman–Crippen MR) is 96.9 cm³/mol. The van der Waals surface area contributed by atoms with Crippen molar-refractivity contribution < 1.29 is 8.42 Å². The van der Waals surface area contributed by atoms with Gasteiger partial charge in [0.25, 0.3) is 0 Å². The Balaban J connectivity index is 2.00. The Kier molecular flexibility index (Phi) is 5.75. The van der Waals surface area contributed by atoms with Crippen LogP contribution in [0.25, 0.3) is 0 Å². The molecular formula is C18H23N3O2S. The van der Waals surface area contributed by atoms with E-state index >= 15 is 0 Å². The molecule has 2 rings (SSSR count). The lowest BCUT2D eigenvalue weighted by molar-refractivity contribution is 0.581. The van der Waals surface area contributed by atoms with E-state index in [4.69, 9.17) is 11.1 Å². The molecule has 0 aromatic heterocycles. The van der Waals surface area contributed by atoms with Crippen molar-refractivity contribution in [2.45, 2.75) is 31.1 Å². The topological polar surface area (TPSA) is 96.0 Å². The number of hydrogen-bond donors (Lipinski definition) is 3. The quantitative estimate of drug-likeness (QED) is 0.531. The van der Waals surface area contributed by atoms with Crippen molar-refractivity contribution in [3.8, 4) is 0 Å². The van der Waals surface area contributed by atoms with Gasteiger partial charge in [-0.2, -0.15) is 0 Å². The fourth-order valence-electron chi connectivity index (χ4n) is 2.31. The van der Waals surface area contributed by atoms with Gasteiger partial charge in [-0.3, -0.25) is 5.41 Å². The van der Waals surface area contributed by atoms with Gasteiger partial charge in [-0.1, -0.05) is 50.2 Å². The lowest BCUT2D eigenvalue weighted by Crippen LogP contribution is -2.26. The summed E-state index contributed by atoms with van der Waals surface area (Å²) in [6.07, 6.45) is 0.615. The van der Waals surface area contributed by atoms with Crippen LogP contribution in [0.5, 0.6) is 0 Å². The Bertz CT molecular complexity index is 812. The molecule has 0 radical (unpaired) electrons. The van der Waals surface area contributed by atoms with Crippen molar-refractivity contribution in [3.63, 3.8) is 0 Å². The lowest BCUT2D eigenvalue weighted by atomic mass is 10.0. The van der Waals surface area contributed by atoms with Gasteiger partial charge in [0.2, 0.25) is 10.0 Å². The van der Waals surface area contributed by atoms with Gasteiger partial charge in [-0.25, -0.2) is 13.1 Å². The molecule has 0 aliphatic rings. The summed E-state index contributed by atoms with van der Waals surface area (Å²) in [6.45, 7) is 4.59. The molecule has 2 aromatic carbocycles. The van der Waals surface area contributed by atoms with Crippen LogP contribution < -0.4 is 10.5 Å². The van der Waals surface area contributed by atoms with Crippen LogP contribution in [-0.2, 0) is 16.4 Å². The zero-order valence-electron chi connectivity index (χ0n) is 13.9. The maximum absolute atomic E-state index is 12.3. The number of nitrogens with two attached hydrogens (primary N) is 1. The second-order valence-corrected chi connectivity index (χ2v) is 7.75. The van der Waals surface area contributed by atoms with Crippen molar-refractivity contribution in [1.29, 1.82) is 5.41 Å². The molecule has 2 aromatic rings. The summed E-state index contributed by atoms with van der Waals surface area (Å²) in [5.74, 6) is 0.323. The van der Waals surface area contributed by atoms with E-state index in [0.717, 1.165) is 5.56 Å². The third-order valence-electron chi connectivity index (χ3n) is 3.81. The van der Waals surface area contributed by atoms with E-state index in [1.165, 1.54) is 17.7 Å². The molecule has 0 unspecified atom stereocenters. The Morgan fingerprint density at radius 2 is 1.83 bits per heavy atom. The molecule has 5 nitrogen and oxygen atoms in total. The van der Waals surface area contributed by atoms with Gasteiger partial charge in [0.05, 0.1) is 4.90 Å². The van der Waals surface area contributed by atoms with Crippen LogP contribution in [0.4, 0.5) is 0 Å². The molecule has 0 aliphatic heterocycles. The van der Waals surface area contributed by atoms with Crippen molar-refractivity contribution in [2.75, 3.05) is 6.54 Å². The van der Waals surface area contributed by atoms with Crippen LogP contribution in [0, 0.1) is 5.41 Å². The Labute approximate surface area is 143 Å². The fourth-order valence-corrected chi connectivity index (χ4v) is 3.39. The second-order valence-electron chi connectivity index (χ2n) is 5.99. The Hall–Kier alpha value is -2.18. The number of hydrogen-bond acceptors (Lipinski definition) is 3. The smallest absolute Gasteiger partial charge is 0.240 e. The van der Waals surface area contributed by atoms with E-state index in [2.05, 4.69) is 30.7 Å². The molecule has 0 saturated carbocycles. The van der Waals surface area contributed by atoms with Crippen LogP contribution in [0.15, 0.2) is 53.4 Å². The largest absolute Gasteiger partial charge is 0.384 e. The minimum Gasteiger partial charge on any atom is -0.384 e. The van der Waals surface area contributed by atoms with E-state index in [-0.39, 0.29) is 10.7 Å². The molecule has 0 heterocycles. The highest BCUT2D eigenvalue weighted by Crippen LogP contribution is 2.15. The molecule has 4 N–H and O–H groups in total. The molecule has 0 aliphatic carbocycles. The first kappa shape index (κ1) is 18.2. The first-order chi connectivity index (χ1) is 11.3. The van der Waals surface area contributed by atoms with Crippen molar-refractivity contribution in [2.24, 2.45) is 5.73 Å². The summed E-state index contributed by atoms with van der Waals surface area (Å²) >= 11 is 0. The van der Waals surface area contributed by atoms with Gasteiger partial charge >= 0.3 is 0 Å². The van der Waals surface area contributed by atoms with E-state index < -0.39 is 10.0 Å². The zero-order valence-corrected chi connectivity index (χ0v) is 14.7. The van der Waals surface area contributed by atoms with Gasteiger partial charge in [-0.15, -0.1) is 0 Å². The van der Waals surface area contributed by atoms with E-state index in [1.54, 1.807) is 12.1 Å². The van der Waals surface area contributed by atoms with E-state index in [1.807, 2.05) is 12.1 Å². The molecular weight excluding hydrogens is 322 g/mol. The lowest BCUT2D eigenvalue weighted by Gasteiger charge is -2.09. The highest BCUT2D eigenvalue weighted by molar-refractivity contribution is 7.89. The van der Waals surface area contributed by atoms with Crippen LogP contribution in [0.1, 0.15) is 36.5 Å². The van der Waals surface area contributed by atoms with Gasteiger partial charge in [0.1, 0.15) is 5.84 Å². The Morgan fingerprint density at radius 3 is 2.42 bits per heavy atom. The number of amidine groups is 1. The maximum atomic E-state index is 12.3. The summed E-state index contributed by atoms with van der Waals surface area (Å²) in [6, 6.07) is 14.3. The molecule has 0 amide bonds. The standard InChI is InChI=1S/C18H23N3O2S/c1-13(2)15-8-6-14(7-9-15)10-11-21-24(22,23)17-5-3-4-16(12-17)18(19)20/h3-9,12-13,21H,10-11H2,1-2H3,(H3,19,20). The number of nitrogens with one attached hydrogen (secondary N) is 2. The summed E-state index contributed by atoms with van der Waals surface area (Å²) in [4.78, 5) is 0.116. The molecule has 128 valence electrons. The van der Waals surface area contributed by atoms with Crippen LogP contribution in [0.2, 0.25) is 0 Å². The third-order valence-corrected chi connectivity index (χ3v) is 5.27. The number of sulfonamides is 1. The van der Waals surface area contributed by atoms with Gasteiger partial charge in [0, 0.05) is 12.1 Å². The molecule has 0 fully saturated rings. The summed E-state index contributed by atoms with van der Waals surface area (Å²) in [7, 11) is -3.61. The Morgan fingerprint density at radius 1 is 1.17 bits per heavy atom.